The molecular weight excluding hydrogens is 396 g/mol. The summed E-state index contributed by atoms with van der Waals surface area (Å²) in [5.74, 6) is -0.695. The van der Waals surface area contributed by atoms with E-state index in [4.69, 9.17) is 9.47 Å². The summed E-state index contributed by atoms with van der Waals surface area (Å²) in [6.45, 7) is 0. The van der Waals surface area contributed by atoms with Crippen molar-refractivity contribution in [2.24, 2.45) is 11.8 Å². The maximum absolute atomic E-state index is 14.4. The quantitative estimate of drug-likeness (QED) is 0.447. The molecule has 0 bridgehead atoms. The monoisotopic (exact) mass is 428 g/mol. The summed E-state index contributed by atoms with van der Waals surface area (Å²) in [4.78, 5) is 0. The molecule has 2 fully saturated rings. The fourth-order valence-electron chi connectivity index (χ4n) is 5.56. The lowest BCUT2D eigenvalue weighted by Crippen LogP contribution is -2.34. The average Bonchev–Trinajstić information content (AvgIpc) is 2.76. The van der Waals surface area contributed by atoms with Gasteiger partial charge >= 0.3 is 6.11 Å². The summed E-state index contributed by atoms with van der Waals surface area (Å²) in [5.41, 5.74) is 0.586. The highest BCUT2D eigenvalue weighted by atomic mass is 19.3. The Hall–Kier alpha value is -1.30. The minimum atomic E-state index is -3.22. The van der Waals surface area contributed by atoms with E-state index < -0.39 is 30.3 Å². The highest BCUT2D eigenvalue weighted by Crippen LogP contribution is 2.41. The molecule has 168 valence electrons. The van der Waals surface area contributed by atoms with Crippen LogP contribution in [0, 0.1) is 23.5 Å². The van der Waals surface area contributed by atoms with Crippen molar-refractivity contribution in [3.8, 4) is 5.75 Å². The largest absolute Gasteiger partial charge is 0.487 e. The van der Waals surface area contributed by atoms with E-state index in [0.717, 1.165) is 24.8 Å². The Morgan fingerprint density at radius 3 is 2.33 bits per heavy atom. The van der Waals surface area contributed by atoms with E-state index in [-0.39, 0.29) is 18.3 Å². The van der Waals surface area contributed by atoms with Crippen LogP contribution in [0.2, 0.25) is 0 Å². The molecule has 1 unspecified atom stereocenters. The van der Waals surface area contributed by atoms with E-state index in [1.807, 2.05) is 0 Å². The Kier molecular flexibility index (Phi) is 6.91. The molecule has 0 saturated heterocycles. The van der Waals surface area contributed by atoms with Gasteiger partial charge in [0.1, 0.15) is 0 Å². The third kappa shape index (κ3) is 5.30. The van der Waals surface area contributed by atoms with Gasteiger partial charge < -0.3 is 9.47 Å². The van der Waals surface area contributed by atoms with E-state index in [0.29, 0.717) is 37.2 Å². The van der Waals surface area contributed by atoms with Crippen LogP contribution in [0.3, 0.4) is 0 Å². The number of alkyl halides is 2. The Balaban J connectivity index is 1.23. The Morgan fingerprint density at radius 1 is 0.900 bits per heavy atom. The third-order valence-corrected chi connectivity index (χ3v) is 7.28. The topological polar surface area (TPSA) is 18.5 Å². The van der Waals surface area contributed by atoms with Crippen molar-refractivity contribution in [2.75, 3.05) is 0 Å². The highest BCUT2D eigenvalue weighted by Gasteiger charge is 2.38. The van der Waals surface area contributed by atoms with Gasteiger partial charge in [-0.15, -0.1) is 0 Å². The van der Waals surface area contributed by atoms with Crippen LogP contribution in [0.15, 0.2) is 12.1 Å². The molecule has 0 spiro atoms. The van der Waals surface area contributed by atoms with Gasteiger partial charge in [0.05, 0.1) is 12.2 Å². The van der Waals surface area contributed by atoms with E-state index in [9.17, 15) is 17.6 Å². The first-order valence-corrected chi connectivity index (χ1v) is 11.6. The second-order valence-corrected chi connectivity index (χ2v) is 9.36. The SMILES string of the molecule is Fc1ccc2c(c1F)OC(CCC(F)(F)OC1CCC(C3CCCCC3)CC1)CC2. The summed E-state index contributed by atoms with van der Waals surface area (Å²) >= 11 is 0. The fraction of sp³-hybridized carbons (Fsp3) is 0.750. The fourth-order valence-corrected chi connectivity index (χ4v) is 5.56. The van der Waals surface area contributed by atoms with Gasteiger partial charge in [0, 0.05) is 6.42 Å². The molecule has 0 aromatic heterocycles. The summed E-state index contributed by atoms with van der Waals surface area (Å²) < 4.78 is 66.9. The molecular formula is C24H32F4O2. The third-order valence-electron chi connectivity index (χ3n) is 7.28. The Bertz CT molecular complexity index is 709. The summed E-state index contributed by atoms with van der Waals surface area (Å²) in [6, 6.07) is 2.56. The molecule has 2 aliphatic carbocycles. The zero-order valence-electron chi connectivity index (χ0n) is 17.5. The molecule has 30 heavy (non-hydrogen) atoms. The number of benzene rings is 1. The minimum Gasteiger partial charge on any atom is -0.487 e. The lowest BCUT2D eigenvalue weighted by Gasteiger charge is -2.37. The first kappa shape index (κ1) is 21.9. The van der Waals surface area contributed by atoms with Crippen LogP contribution in [-0.2, 0) is 11.2 Å². The van der Waals surface area contributed by atoms with Crippen molar-refractivity contribution in [1.82, 2.24) is 0 Å². The van der Waals surface area contributed by atoms with Crippen molar-refractivity contribution in [3.63, 3.8) is 0 Å². The normalized spacial score (nSPS) is 28.1. The summed E-state index contributed by atoms with van der Waals surface area (Å²) in [5, 5.41) is 0. The number of fused-ring (bicyclic) bond motifs is 1. The number of hydrogen-bond acceptors (Lipinski definition) is 2. The van der Waals surface area contributed by atoms with Crippen LogP contribution in [0.1, 0.15) is 82.6 Å². The van der Waals surface area contributed by atoms with Crippen LogP contribution < -0.4 is 4.74 Å². The molecule has 0 amide bonds. The van der Waals surface area contributed by atoms with Crippen molar-refractivity contribution in [3.05, 3.63) is 29.3 Å². The first-order chi connectivity index (χ1) is 14.4. The van der Waals surface area contributed by atoms with Gasteiger partial charge in [-0.2, -0.15) is 13.2 Å². The van der Waals surface area contributed by atoms with E-state index in [1.54, 1.807) is 0 Å². The Labute approximate surface area is 176 Å². The van der Waals surface area contributed by atoms with Crippen LogP contribution in [0.25, 0.3) is 0 Å². The molecule has 1 aromatic rings. The second kappa shape index (κ2) is 9.46. The van der Waals surface area contributed by atoms with Crippen LogP contribution in [0.5, 0.6) is 5.75 Å². The molecule has 3 aliphatic rings. The zero-order chi connectivity index (χ0) is 21.1. The number of aryl methyl sites for hydroxylation is 1. The second-order valence-electron chi connectivity index (χ2n) is 9.36. The molecule has 0 radical (unpaired) electrons. The number of halogens is 4. The van der Waals surface area contributed by atoms with Gasteiger partial charge in [0.15, 0.2) is 11.6 Å². The molecule has 1 aromatic carbocycles. The lowest BCUT2D eigenvalue weighted by atomic mass is 9.73. The maximum atomic E-state index is 14.4. The molecule has 1 heterocycles. The highest BCUT2D eigenvalue weighted by molar-refractivity contribution is 5.37. The zero-order valence-corrected chi connectivity index (χ0v) is 17.5. The molecule has 2 nitrogen and oxygen atoms in total. The molecule has 0 N–H and O–H groups in total. The van der Waals surface area contributed by atoms with Crippen molar-refractivity contribution in [2.45, 2.75) is 102 Å². The van der Waals surface area contributed by atoms with E-state index >= 15 is 0 Å². The summed E-state index contributed by atoms with van der Waals surface area (Å²) in [7, 11) is 0. The van der Waals surface area contributed by atoms with Crippen LogP contribution >= 0.6 is 0 Å². The van der Waals surface area contributed by atoms with Gasteiger partial charge in [-0.3, -0.25) is 0 Å². The molecule has 1 atom stereocenters. The predicted molar refractivity (Wildman–Crippen MR) is 107 cm³/mol. The van der Waals surface area contributed by atoms with E-state index in [1.165, 1.54) is 38.2 Å². The van der Waals surface area contributed by atoms with Crippen molar-refractivity contribution < 1.29 is 27.0 Å². The van der Waals surface area contributed by atoms with Gasteiger partial charge in [-0.25, -0.2) is 4.39 Å². The van der Waals surface area contributed by atoms with E-state index in [2.05, 4.69) is 0 Å². The van der Waals surface area contributed by atoms with Crippen molar-refractivity contribution >= 4 is 0 Å². The molecule has 1 aliphatic heterocycles. The minimum absolute atomic E-state index is 0.0554. The number of rotatable bonds is 6. The summed E-state index contributed by atoms with van der Waals surface area (Å²) in [6.07, 6.45) is 6.36. The number of hydrogen-bond donors (Lipinski definition) is 0. The van der Waals surface area contributed by atoms with Crippen LogP contribution in [0.4, 0.5) is 17.6 Å². The van der Waals surface area contributed by atoms with Gasteiger partial charge in [-0.1, -0.05) is 38.2 Å². The Morgan fingerprint density at radius 2 is 1.60 bits per heavy atom. The van der Waals surface area contributed by atoms with Crippen LogP contribution in [-0.4, -0.2) is 18.3 Å². The standard InChI is InChI=1S/C24H32F4O2/c25-21-13-9-18-8-10-19(29-23(18)22(21)26)14-15-24(27,28)30-20-11-6-17(7-12-20)16-4-2-1-3-5-16/h9,13,16-17,19-20H,1-8,10-12,14-15H2. The maximum Gasteiger partial charge on any atom is 0.356 e. The van der Waals surface area contributed by atoms with Gasteiger partial charge in [0.2, 0.25) is 5.82 Å². The van der Waals surface area contributed by atoms with Gasteiger partial charge in [0.25, 0.3) is 0 Å². The average molecular weight is 429 g/mol. The molecule has 2 saturated carbocycles. The van der Waals surface area contributed by atoms with Gasteiger partial charge in [-0.05, 0) is 68.4 Å². The molecule has 6 heteroatoms. The van der Waals surface area contributed by atoms with Crippen molar-refractivity contribution in [1.29, 1.82) is 0 Å². The predicted octanol–water partition coefficient (Wildman–Crippen LogP) is 7.19. The smallest absolute Gasteiger partial charge is 0.356 e. The molecule has 4 rings (SSSR count). The lowest BCUT2D eigenvalue weighted by molar-refractivity contribution is -0.273. The number of ether oxygens (including phenoxy) is 2. The first-order valence-electron chi connectivity index (χ1n) is 11.6.